The number of rotatable bonds is 5. The maximum atomic E-state index is 5.19. The predicted octanol–water partition coefficient (Wildman–Crippen LogP) is 3.42. The highest BCUT2D eigenvalue weighted by molar-refractivity contribution is 9.10. The first kappa shape index (κ1) is 13.6. The summed E-state index contributed by atoms with van der Waals surface area (Å²) in [5, 5.41) is 6.30. The molecule has 0 aliphatic carbocycles. The van der Waals surface area contributed by atoms with Gasteiger partial charge < -0.3 is 15.4 Å². The van der Waals surface area contributed by atoms with Crippen molar-refractivity contribution in [2.75, 3.05) is 24.3 Å². The van der Waals surface area contributed by atoms with Gasteiger partial charge >= 0.3 is 0 Å². The Morgan fingerprint density at radius 3 is 2.95 bits per heavy atom. The highest BCUT2D eigenvalue weighted by atomic mass is 79.9. The fraction of sp³-hybridized carbons (Fsp3) is 0.231. The van der Waals surface area contributed by atoms with Gasteiger partial charge in [-0.2, -0.15) is 4.98 Å². The first-order valence-electron chi connectivity index (χ1n) is 5.90. The Hall–Kier alpha value is -1.82. The lowest BCUT2D eigenvalue weighted by Gasteiger charge is -2.10. The summed E-state index contributed by atoms with van der Waals surface area (Å²) >= 11 is 3.43. The molecule has 2 aromatic rings. The molecule has 1 heterocycles. The Morgan fingerprint density at radius 2 is 2.21 bits per heavy atom. The van der Waals surface area contributed by atoms with E-state index < -0.39 is 0 Å². The van der Waals surface area contributed by atoms with Gasteiger partial charge in [-0.1, -0.05) is 6.07 Å². The topological polar surface area (TPSA) is 59.1 Å². The largest absolute Gasteiger partial charge is 0.497 e. The highest BCUT2D eigenvalue weighted by Gasteiger charge is 2.05. The normalized spacial score (nSPS) is 10.1. The van der Waals surface area contributed by atoms with E-state index in [1.54, 1.807) is 13.3 Å². The summed E-state index contributed by atoms with van der Waals surface area (Å²) in [6.45, 7) is 2.78. The third-order valence-corrected chi connectivity index (χ3v) is 2.99. The molecule has 0 aliphatic rings. The molecule has 1 aromatic carbocycles. The molecule has 2 N–H and O–H groups in total. The van der Waals surface area contributed by atoms with Gasteiger partial charge in [0.2, 0.25) is 5.95 Å². The second-order valence-corrected chi connectivity index (χ2v) is 4.63. The number of methoxy groups -OCH3 is 1. The second kappa shape index (κ2) is 6.38. The van der Waals surface area contributed by atoms with Gasteiger partial charge in [-0.25, -0.2) is 4.98 Å². The molecule has 0 saturated carbocycles. The van der Waals surface area contributed by atoms with Gasteiger partial charge in [0, 0.05) is 24.5 Å². The molecule has 0 atom stereocenters. The Kier molecular flexibility index (Phi) is 4.57. The molecule has 100 valence electrons. The first-order valence-corrected chi connectivity index (χ1v) is 6.69. The molecule has 0 bridgehead atoms. The third-order valence-electron chi connectivity index (χ3n) is 2.41. The summed E-state index contributed by atoms with van der Waals surface area (Å²) < 4.78 is 5.99. The Balaban J connectivity index is 2.23. The highest BCUT2D eigenvalue weighted by Crippen LogP contribution is 2.26. The quantitative estimate of drug-likeness (QED) is 0.883. The predicted molar refractivity (Wildman–Crippen MR) is 80.2 cm³/mol. The summed E-state index contributed by atoms with van der Waals surface area (Å²) in [7, 11) is 1.64. The molecule has 2 rings (SSSR count). The molecule has 0 saturated heterocycles. The lowest BCUT2D eigenvalue weighted by Crippen LogP contribution is -2.04. The number of ether oxygens (including phenoxy) is 1. The average Bonchev–Trinajstić information content (AvgIpc) is 2.43. The minimum Gasteiger partial charge on any atom is -0.497 e. The van der Waals surface area contributed by atoms with E-state index in [2.05, 4.69) is 36.5 Å². The minimum absolute atomic E-state index is 0.594. The minimum atomic E-state index is 0.594. The van der Waals surface area contributed by atoms with Gasteiger partial charge in [0.05, 0.1) is 11.6 Å². The number of hydrogen-bond donors (Lipinski definition) is 2. The third kappa shape index (κ3) is 3.57. The monoisotopic (exact) mass is 322 g/mol. The number of aromatic nitrogens is 2. The summed E-state index contributed by atoms with van der Waals surface area (Å²) in [6, 6.07) is 7.66. The molecule has 5 nitrogen and oxygen atoms in total. The molecule has 6 heteroatoms. The standard InChI is InChI=1S/C13H15BrN4O/c1-3-15-13-16-8-11(14)12(18-13)17-9-5-4-6-10(7-9)19-2/h4-8H,3H2,1-2H3,(H2,15,16,17,18). The van der Waals surface area contributed by atoms with E-state index >= 15 is 0 Å². The van der Waals surface area contributed by atoms with Crippen molar-refractivity contribution in [3.63, 3.8) is 0 Å². The number of anilines is 3. The zero-order chi connectivity index (χ0) is 13.7. The number of nitrogens with one attached hydrogen (secondary N) is 2. The molecule has 0 aliphatic heterocycles. The smallest absolute Gasteiger partial charge is 0.224 e. The van der Waals surface area contributed by atoms with Crippen LogP contribution in [0.4, 0.5) is 17.5 Å². The van der Waals surface area contributed by atoms with Crippen LogP contribution in [0.15, 0.2) is 34.9 Å². The molecular weight excluding hydrogens is 308 g/mol. The second-order valence-electron chi connectivity index (χ2n) is 3.78. The Morgan fingerprint density at radius 1 is 1.37 bits per heavy atom. The van der Waals surface area contributed by atoms with Crippen LogP contribution in [0.25, 0.3) is 0 Å². The van der Waals surface area contributed by atoms with Gasteiger partial charge in [-0.15, -0.1) is 0 Å². The van der Waals surface area contributed by atoms with Crippen LogP contribution in [0, 0.1) is 0 Å². The number of halogens is 1. The maximum absolute atomic E-state index is 5.19. The van der Waals surface area contributed by atoms with Gasteiger partial charge in [0.1, 0.15) is 11.6 Å². The van der Waals surface area contributed by atoms with Crippen LogP contribution in [0.1, 0.15) is 6.92 Å². The van der Waals surface area contributed by atoms with Crippen molar-refractivity contribution in [1.82, 2.24) is 9.97 Å². The fourth-order valence-electron chi connectivity index (χ4n) is 1.54. The van der Waals surface area contributed by atoms with Crippen LogP contribution >= 0.6 is 15.9 Å². The van der Waals surface area contributed by atoms with Gasteiger partial charge in [0.15, 0.2) is 0 Å². The molecule has 1 aromatic heterocycles. The van der Waals surface area contributed by atoms with E-state index in [9.17, 15) is 0 Å². The SMILES string of the molecule is CCNc1ncc(Br)c(Nc2cccc(OC)c2)n1. The van der Waals surface area contributed by atoms with Crippen LogP contribution < -0.4 is 15.4 Å². The van der Waals surface area contributed by atoms with Crippen molar-refractivity contribution < 1.29 is 4.74 Å². The molecule has 0 fully saturated rings. The first-order chi connectivity index (χ1) is 9.22. The van der Waals surface area contributed by atoms with Crippen LogP contribution in [0.2, 0.25) is 0 Å². The van der Waals surface area contributed by atoms with E-state index in [0.717, 1.165) is 22.5 Å². The Labute approximate surface area is 120 Å². The summed E-state index contributed by atoms with van der Waals surface area (Å²) in [5.41, 5.74) is 0.904. The van der Waals surface area contributed by atoms with Crippen molar-refractivity contribution in [2.45, 2.75) is 6.92 Å². The van der Waals surface area contributed by atoms with E-state index in [1.807, 2.05) is 31.2 Å². The van der Waals surface area contributed by atoms with Crippen LogP contribution in [-0.4, -0.2) is 23.6 Å². The summed E-state index contributed by atoms with van der Waals surface area (Å²) in [4.78, 5) is 8.56. The van der Waals surface area contributed by atoms with Gasteiger partial charge in [0.25, 0.3) is 0 Å². The van der Waals surface area contributed by atoms with Crippen LogP contribution in [0.3, 0.4) is 0 Å². The lowest BCUT2D eigenvalue weighted by atomic mass is 10.3. The number of nitrogens with zero attached hydrogens (tertiary/aromatic N) is 2. The van der Waals surface area contributed by atoms with Crippen molar-refractivity contribution in [1.29, 1.82) is 0 Å². The van der Waals surface area contributed by atoms with Crippen LogP contribution in [0.5, 0.6) is 5.75 Å². The number of hydrogen-bond acceptors (Lipinski definition) is 5. The summed E-state index contributed by atoms with van der Waals surface area (Å²) in [5.74, 6) is 2.09. The zero-order valence-corrected chi connectivity index (χ0v) is 12.4. The molecule has 0 amide bonds. The van der Waals surface area contributed by atoms with Crippen molar-refractivity contribution in [3.05, 3.63) is 34.9 Å². The fourth-order valence-corrected chi connectivity index (χ4v) is 1.83. The molecule has 0 unspecified atom stereocenters. The molecule has 0 radical (unpaired) electrons. The van der Waals surface area contributed by atoms with Crippen molar-refractivity contribution >= 4 is 33.4 Å². The van der Waals surface area contributed by atoms with Gasteiger partial charge in [-0.05, 0) is 35.0 Å². The molecule has 19 heavy (non-hydrogen) atoms. The van der Waals surface area contributed by atoms with E-state index in [1.165, 1.54) is 0 Å². The van der Waals surface area contributed by atoms with E-state index in [-0.39, 0.29) is 0 Å². The van der Waals surface area contributed by atoms with Crippen molar-refractivity contribution in [2.24, 2.45) is 0 Å². The number of benzene rings is 1. The van der Waals surface area contributed by atoms with Crippen molar-refractivity contribution in [3.8, 4) is 5.75 Å². The van der Waals surface area contributed by atoms with E-state index in [4.69, 9.17) is 4.74 Å². The Bertz CT molecular complexity index is 562. The van der Waals surface area contributed by atoms with Crippen LogP contribution in [-0.2, 0) is 0 Å². The molecular formula is C13H15BrN4O. The molecule has 0 spiro atoms. The lowest BCUT2D eigenvalue weighted by molar-refractivity contribution is 0.415. The zero-order valence-electron chi connectivity index (χ0n) is 10.8. The van der Waals surface area contributed by atoms with E-state index in [0.29, 0.717) is 11.8 Å². The van der Waals surface area contributed by atoms with Gasteiger partial charge in [-0.3, -0.25) is 0 Å². The maximum Gasteiger partial charge on any atom is 0.224 e. The average molecular weight is 323 g/mol. The summed E-state index contributed by atoms with van der Waals surface area (Å²) in [6.07, 6.45) is 1.72.